The summed E-state index contributed by atoms with van der Waals surface area (Å²) in [4.78, 5) is 0. The molecule has 98 valence electrons. The van der Waals surface area contributed by atoms with Gasteiger partial charge in [-0.25, -0.2) is 0 Å². The second kappa shape index (κ2) is 4.67. The summed E-state index contributed by atoms with van der Waals surface area (Å²) in [5.74, 6) is 1.70. The molecular weight excluding hydrogens is 246 g/mol. The van der Waals surface area contributed by atoms with Crippen LogP contribution >= 0.6 is 0 Å². The predicted molar refractivity (Wildman–Crippen MR) is 73.5 cm³/mol. The molecule has 1 aromatic carbocycles. The van der Waals surface area contributed by atoms with Gasteiger partial charge in [0.05, 0.1) is 12.4 Å². The van der Waals surface area contributed by atoms with Crippen molar-refractivity contribution in [3.8, 4) is 5.75 Å². The minimum absolute atomic E-state index is 0.254. The largest absolute Gasteiger partial charge is 0.497 e. The van der Waals surface area contributed by atoms with E-state index in [9.17, 15) is 4.21 Å². The Hall–Kier alpha value is -0.870. The van der Waals surface area contributed by atoms with Gasteiger partial charge in [0, 0.05) is 28.6 Å². The van der Waals surface area contributed by atoms with Crippen LogP contribution in [0.15, 0.2) is 18.2 Å². The Labute approximate surface area is 110 Å². The summed E-state index contributed by atoms with van der Waals surface area (Å²) < 4.78 is 17.5. The van der Waals surface area contributed by atoms with E-state index in [0.29, 0.717) is 6.04 Å². The Bertz CT molecular complexity index is 489. The lowest BCUT2D eigenvalue weighted by atomic mass is 9.86. The van der Waals surface area contributed by atoms with Crippen LogP contribution in [0, 0.1) is 0 Å². The maximum Gasteiger partial charge on any atom is 0.119 e. The number of ether oxygens (including phenoxy) is 1. The molecule has 1 saturated heterocycles. The summed E-state index contributed by atoms with van der Waals surface area (Å²) in [6.07, 6.45) is 2.02. The van der Waals surface area contributed by atoms with Gasteiger partial charge in [-0.1, -0.05) is 6.07 Å². The topological polar surface area (TPSA) is 38.3 Å². The van der Waals surface area contributed by atoms with Crippen molar-refractivity contribution in [2.45, 2.75) is 37.1 Å². The second-order valence-corrected chi connectivity index (χ2v) is 6.93. The molecule has 0 spiro atoms. The summed E-state index contributed by atoms with van der Waals surface area (Å²) in [6, 6.07) is 6.85. The first-order valence-electron chi connectivity index (χ1n) is 6.49. The van der Waals surface area contributed by atoms with Gasteiger partial charge in [-0.3, -0.25) is 4.21 Å². The van der Waals surface area contributed by atoms with Gasteiger partial charge in [0.25, 0.3) is 0 Å². The lowest BCUT2D eigenvalue weighted by Gasteiger charge is -2.40. The maximum absolute atomic E-state index is 12.2. The molecule has 1 aliphatic carbocycles. The highest BCUT2D eigenvalue weighted by molar-refractivity contribution is 7.85. The molecule has 0 aromatic heterocycles. The number of hydrogen-bond acceptors (Lipinski definition) is 3. The highest BCUT2D eigenvalue weighted by Crippen LogP contribution is 2.37. The van der Waals surface area contributed by atoms with E-state index < -0.39 is 10.8 Å². The number of methoxy groups -OCH3 is 1. The first-order chi connectivity index (χ1) is 8.69. The number of benzene rings is 1. The molecule has 3 nitrogen and oxygen atoms in total. The van der Waals surface area contributed by atoms with Crippen molar-refractivity contribution in [3.63, 3.8) is 0 Å². The molecule has 4 heteroatoms. The Morgan fingerprint density at radius 1 is 1.44 bits per heavy atom. The summed E-state index contributed by atoms with van der Waals surface area (Å²) in [7, 11) is 1.00. The fourth-order valence-electron chi connectivity index (χ4n) is 3.10. The van der Waals surface area contributed by atoms with E-state index >= 15 is 0 Å². The molecule has 2 aliphatic rings. The van der Waals surface area contributed by atoms with Gasteiger partial charge in [-0.05, 0) is 43.0 Å². The number of fused-ring (bicyclic) bond motifs is 3. The molecular formula is C14H19NO2S. The van der Waals surface area contributed by atoms with Crippen LogP contribution in [-0.2, 0) is 17.2 Å². The third-order valence-electron chi connectivity index (χ3n) is 3.97. The molecule has 1 aliphatic heterocycles. The Kier molecular flexibility index (Phi) is 3.16. The normalized spacial score (nSPS) is 34.6. The monoisotopic (exact) mass is 265 g/mol. The lowest BCUT2D eigenvalue weighted by Crippen LogP contribution is -2.50. The number of nitrogens with one attached hydrogen (secondary N) is 1. The molecule has 1 aromatic rings. The molecule has 4 atom stereocenters. The van der Waals surface area contributed by atoms with Crippen LogP contribution in [0.25, 0.3) is 0 Å². The van der Waals surface area contributed by atoms with Crippen LogP contribution in [0.3, 0.4) is 0 Å². The van der Waals surface area contributed by atoms with Gasteiger partial charge >= 0.3 is 0 Å². The minimum atomic E-state index is -0.695. The van der Waals surface area contributed by atoms with Gasteiger partial charge in [-0.2, -0.15) is 0 Å². The predicted octanol–water partition coefficient (Wildman–Crippen LogP) is 1.79. The van der Waals surface area contributed by atoms with Crippen molar-refractivity contribution in [3.05, 3.63) is 29.3 Å². The third kappa shape index (κ3) is 1.97. The molecule has 1 fully saturated rings. The van der Waals surface area contributed by atoms with Crippen LogP contribution in [-0.4, -0.2) is 28.4 Å². The van der Waals surface area contributed by atoms with Gasteiger partial charge in [0.1, 0.15) is 5.75 Å². The molecule has 0 saturated carbocycles. The summed E-state index contributed by atoms with van der Waals surface area (Å²) >= 11 is 0. The average molecular weight is 265 g/mol. The van der Waals surface area contributed by atoms with Crippen LogP contribution in [0.1, 0.15) is 30.5 Å². The van der Waals surface area contributed by atoms with Crippen molar-refractivity contribution in [2.75, 3.05) is 12.9 Å². The molecule has 0 bridgehead atoms. The molecule has 0 amide bonds. The second-order valence-electron chi connectivity index (χ2n) is 5.23. The zero-order valence-electron chi connectivity index (χ0n) is 10.8. The Balaban J connectivity index is 1.98. The van der Waals surface area contributed by atoms with E-state index in [0.717, 1.165) is 24.3 Å². The Morgan fingerprint density at radius 3 is 3.06 bits per heavy atom. The Morgan fingerprint density at radius 2 is 2.28 bits per heavy atom. The fourth-order valence-corrected chi connectivity index (χ4v) is 4.84. The van der Waals surface area contributed by atoms with E-state index in [4.69, 9.17) is 4.74 Å². The van der Waals surface area contributed by atoms with Crippen molar-refractivity contribution < 1.29 is 8.95 Å². The zero-order valence-corrected chi connectivity index (χ0v) is 11.6. The van der Waals surface area contributed by atoms with Crippen LogP contribution in [0.2, 0.25) is 0 Å². The van der Waals surface area contributed by atoms with E-state index in [1.807, 2.05) is 6.07 Å². The first kappa shape index (κ1) is 12.2. The minimum Gasteiger partial charge on any atom is -0.497 e. The number of hydrogen-bond donors (Lipinski definition) is 1. The van der Waals surface area contributed by atoms with Crippen molar-refractivity contribution in [1.82, 2.24) is 5.32 Å². The van der Waals surface area contributed by atoms with Gasteiger partial charge in [0.2, 0.25) is 0 Å². The molecule has 0 radical (unpaired) electrons. The average Bonchev–Trinajstić information content (AvgIpc) is 2.37. The molecule has 4 unspecified atom stereocenters. The van der Waals surface area contributed by atoms with Crippen molar-refractivity contribution in [2.24, 2.45) is 0 Å². The summed E-state index contributed by atoms with van der Waals surface area (Å²) in [5.41, 5.74) is 2.65. The SMILES string of the molecule is COc1ccc2c(c1)CCC1C2NC(C)CS1=O. The van der Waals surface area contributed by atoms with E-state index in [2.05, 4.69) is 24.4 Å². The first-order valence-corrected chi connectivity index (χ1v) is 7.87. The van der Waals surface area contributed by atoms with Crippen LogP contribution in [0.4, 0.5) is 0 Å². The third-order valence-corrected chi connectivity index (χ3v) is 5.98. The molecule has 3 rings (SSSR count). The van der Waals surface area contributed by atoms with Gasteiger partial charge in [-0.15, -0.1) is 0 Å². The maximum atomic E-state index is 12.2. The van der Waals surface area contributed by atoms with Crippen LogP contribution < -0.4 is 10.1 Å². The highest BCUT2D eigenvalue weighted by Gasteiger charge is 2.38. The molecule has 1 N–H and O–H groups in total. The molecule has 1 heterocycles. The van der Waals surface area contributed by atoms with Crippen molar-refractivity contribution >= 4 is 10.8 Å². The van der Waals surface area contributed by atoms with Crippen LogP contribution in [0.5, 0.6) is 5.75 Å². The molecule has 18 heavy (non-hydrogen) atoms. The fraction of sp³-hybridized carbons (Fsp3) is 0.571. The lowest BCUT2D eigenvalue weighted by molar-refractivity contribution is 0.399. The van der Waals surface area contributed by atoms with E-state index in [1.165, 1.54) is 11.1 Å². The zero-order chi connectivity index (χ0) is 12.7. The van der Waals surface area contributed by atoms with E-state index in [1.54, 1.807) is 7.11 Å². The standard InChI is InChI=1S/C14H19NO2S/c1-9-8-18(16)13-6-3-10-7-11(17-2)4-5-12(10)14(13)15-9/h4-5,7,9,13-15H,3,6,8H2,1-2H3. The quantitative estimate of drug-likeness (QED) is 0.841. The van der Waals surface area contributed by atoms with Gasteiger partial charge < -0.3 is 10.1 Å². The highest BCUT2D eigenvalue weighted by atomic mass is 32.2. The summed E-state index contributed by atoms with van der Waals surface area (Å²) in [6.45, 7) is 2.12. The number of aryl methyl sites for hydroxylation is 1. The van der Waals surface area contributed by atoms with Crippen molar-refractivity contribution in [1.29, 1.82) is 0 Å². The summed E-state index contributed by atoms with van der Waals surface area (Å²) in [5, 5.41) is 3.89. The van der Waals surface area contributed by atoms with Gasteiger partial charge in [0.15, 0.2) is 0 Å². The number of rotatable bonds is 1. The smallest absolute Gasteiger partial charge is 0.119 e. The van der Waals surface area contributed by atoms with E-state index in [-0.39, 0.29) is 11.3 Å².